The zero-order chi connectivity index (χ0) is 14.9. The third-order valence-corrected chi connectivity index (χ3v) is 5.68. The van der Waals surface area contributed by atoms with Crippen LogP contribution in [0.4, 0.5) is 0 Å². The van der Waals surface area contributed by atoms with Crippen LogP contribution in [0.2, 0.25) is 0 Å². The van der Waals surface area contributed by atoms with Gasteiger partial charge in [0.1, 0.15) is 11.4 Å². The molecule has 112 valence electrons. The van der Waals surface area contributed by atoms with Crippen molar-refractivity contribution in [1.82, 2.24) is 14.1 Å². The Morgan fingerprint density at radius 1 is 1.40 bits per heavy atom. The van der Waals surface area contributed by atoms with Crippen LogP contribution < -0.4 is 0 Å². The van der Waals surface area contributed by atoms with Crippen molar-refractivity contribution in [3.05, 3.63) is 12.4 Å². The van der Waals surface area contributed by atoms with Crippen molar-refractivity contribution < 1.29 is 18.3 Å². The van der Waals surface area contributed by atoms with Crippen LogP contribution in [0.1, 0.15) is 33.1 Å². The highest BCUT2D eigenvalue weighted by atomic mass is 32.2. The normalized spacial score (nSPS) is 24.7. The van der Waals surface area contributed by atoms with Crippen molar-refractivity contribution in [2.24, 2.45) is 0 Å². The molecule has 7 nitrogen and oxygen atoms in total. The van der Waals surface area contributed by atoms with Crippen LogP contribution in [-0.2, 0) is 21.4 Å². The smallest absolute Gasteiger partial charge is 0.325 e. The Kier molecular flexibility index (Phi) is 4.14. The molecule has 0 aromatic carbocycles. The van der Waals surface area contributed by atoms with Crippen LogP contribution in [0, 0.1) is 0 Å². The number of hydrogen-bond donors (Lipinski definition) is 1. The summed E-state index contributed by atoms with van der Waals surface area (Å²) in [5, 5.41) is 12.5. The fourth-order valence-corrected chi connectivity index (χ4v) is 4.53. The lowest BCUT2D eigenvalue weighted by Gasteiger charge is -2.37. The third-order valence-electron chi connectivity index (χ3n) is 3.59. The Morgan fingerprint density at radius 2 is 2.00 bits per heavy atom. The van der Waals surface area contributed by atoms with E-state index in [0.717, 1.165) is 23.9 Å². The first-order valence-electron chi connectivity index (χ1n) is 6.60. The van der Waals surface area contributed by atoms with Gasteiger partial charge in [-0.2, -0.15) is 9.40 Å². The molecule has 0 aliphatic carbocycles. The number of hydrogen-bond acceptors (Lipinski definition) is 4. The molecule has 0 saturated carbocycles. The zero-order valence-corrected chi connectivity index (χ0v) is 12.4. The van der Waals surface area contributed by atoms with E-state index in [9.17, 15) is 13.2 Å². The first-order valence-corrected chi connectivity index (χ1v) is 8.04. The number of sulfonamides is 1. The molecule has 20 heavy (non-hydrogen) atoms. The minimum atomic E-state index is -3.62. The van der Waals surface area contributed by atoms with E-state index in [1.54, 1.807) is 0 Å². The van der Waals surface area contributed by atoms with Gasteiger partial charge in [0.25, 0.3) is 0 Å². The van der Waals surface area contributed by atoms with Gasteiger partial charge in [-0.25, -0.2) is 8.42 Å². The molecule has 2 unspecified atom stereocenters. The lowest BCUT2D eigenvalue weighted by molar-refractivity contribution is -0.137. The molecule has 0 spiro atoms. The monoisotopic (exact) mass is 301 g/mol. The number of carbonyl (C=O) groups is 1. The average molecular weight is 301 g/mol. The fraction of sp³-hybridized carbons (Fsp3) is 0.667. The number of rotatable bonds is 4. The minimum absolute atomic E-state index is 0.0495. The van der Waals surface area contributed by atoms with E-state index in [4.69, 9.17) is 5.11 Å². The minimum Gasteiger partial charge on any atom is -0.480 e. The molecular weight excluding hydrogens is 282 g/mol. The molecule has 8 heteroatoms. The molecule has 0 radical (unpaired) electrons. The number of aliphatic carboxylic acids is 1. The van der Waals surface area contributed by atoms with Gasteiger partial charge in [-0.15, -0.1) is 0 Å². The molecule has 1 aromatic heterocycles. The SMILES string of the molecule is CC1CCCC(C)N1S(=O)(=O)c1cnn(CC(=O)O)c1. The van der Waals surface area contributed by atoms with Gasteiger partial charge in [0.05, 0.1) is 6.20 Å². The van der Waals surface area contributed by atoms with Crippen molar-refractivity contribution >= 4 is 16.0 Å². The highest BCUT2D eigenvalue weighted by Gasteiger charge is 2.36. The van der Waals surface area contributed by atoms with E-state index < -0.39 is 16.0 Å². The summed E-state index contributed by atoms with van der Waals surface area (Å²) in [6.45, 7) is 3.45. The van der Waals surface area contributed by atoms with Crippen LogP contribution >= 0.6 is 0 Å². The lowest BCUT2D eigenvalue weighted by atomic mass is 10.0. The maximum atomic E-state index is 12.6. The average Bonchev–Trinajstić information content (AvgIpc) is 2.76. The molecule has 1 saturated heterocycles. The molecule has 2 atom stereocenters. The molecule has 1 aliphatic rings. The summed E-state index contributed by atoms with van der Waals surface area (Å²) in [4.78, 5) is 10.7. The highest BCUT2D eigenvalue weighted by molar-refractivity contribution is 7.89. The molecule has 0 amide bonds. The molecule has 0 bridgehead atoms. The summed E-state index contributed by atoms with van der Waals surface area (Å²) in [6.07, 6.45) is 5.19. The second kappa shape index (κ2) is 5.53. The number of aromatic nitrogens is 2. The number of carboxylic acid groups (broad SMARTS) is 1. The molecule has 2 rings (SSSR count). The standard InChI is InChI=1S/C12H19N3O4S/c1-9-4-3-5-10(2)15(9)20(18,19)11-6-13-14(7-11)8-12(16)17/h6-7,9-10H,3-5,8H2,1-2H3,(H,16,17). The molecule has 2 heterocycles. The number of piperidine rings is 1. The van der Waals surface area contributed by atoms with E-state index >= 15 is 0 Å². The van der Waals surface area contributed by atoms with Crippen LogP contribution in [0.3, 0.4) is 0 Å². The Balaban J connectivity index is 2.29. The third kappa shape index (κ3) is 2.85. The largest absolute Gasteiger partial charge is 0.480 e. The molecule has 1 N–H and O–H groups in total. The second-order valence-corrected chi connectivity index (χ2v) is 7.07. The first-order chi connectivity index (χ1) is 9.32. The van der Waals surface area contributed by atoms with Crippen LogP contribution in [-0.4, -0.2) is 45.7 Å². The summed E-state index contributed by atoms with van der Waals surface area (Å²) in [5.41, 5.74) is 0. The summed E-state index contributed by atoms with van der Waals surface area (Å²) in [6, 6.07) is -0.0989. The summed E-state index contributed by atoms with van der Waals surface area (Å²) in [7, 11) is -3.62. The van der Waals surface area contributed by atoms with Crippen LogP contribution in [0.15, 0.2) is 17.3 Å². The van der Waals surface area contributed by atoms with E-state index in [-0.39, 0.29) is 23.5 Å². The Hall–Kier alpha value is -1.41. The van der Waals surface area contributed by atoms with E-state index in [1.165, 1.54) is 16.7 Å². The molecular formula is C12H19N3O4S. The van der Waals surface area contributed by atoms with Gasteiger partial charge in [-0.05, 0) is 26.7 Å². The van der Waals surface area contributed by atoms with Gasteiger partial charge < -0.3 is 5.11 Å². The summed E-state index contributed by atoms with van der Waals surface area (Å²) >= 11 is 0. The van der Waals surface area contributed by atoms with E-state index in [1.807, 2.05) is 13.8 Å². The lowest BCUT2D eigenvalue weighted by Crippen LogP contribution is -2.47. The maximum Gasteiger partial charge on any atom is 0.325 e. The van der Waals surface area contributed by atoms with Crippen LogP contribution in [0.5, 0.6) is 0 Å². The summed E-state index contributed by atoms with van der Waals surface area (Å²) < 4.78 is 27.9. The Labute approximate surface area is 118 Å². The molecule has 1 aliphatic heterocycles. The van der Waals surface area contributed by atoms with Gasteiger partial charge in [-0.1, -0.05) is 6.42 Å². The van der Waals surface area contributed by atoms with Crippen molar-refractivity contribution in [2.45, 2.75) is 56.6 Å². The second-order valence-electron chi connectivity index (χ2n) is 5.23. The van der Waals surface area contributed by atoms with Crippen molar-refractivity contribution in [1.29, 1.82) is 0 Å². The highest BCUT2D eigenvalue weighted by Crippen LogP contribution is 2.29. The predicted octanol–water partition coefficient (Wildman–Crippen LogP) is 0.919. The van der Waals surface area contributed by atoms with Gasteiger partial charge in [0, 0.05) is 18.3 Å². The van der Waals surface area contributed by atoms with Crippen molar-refractivity contribution in [3.63, 3.8) is 0 Å². The van der Waals surface area contributed by atoms with Gasteiger partial charge in [0.2, 0.25) is 10.0 Å². The van der Waals surface area contributed by atoms with Crippen molar-refractivity contribution in [2.75, 3.05) is 0 Å². The van der Waals surface area contributed by atoms with E-state index in [0.29, 0.717) is 0 Å². The van der Waals surface area contributed by atoms with Crippen LogP contribution in [0.25, 0.3) is 0 Å². The van der Waals surface area contributed by atoms with Gasteiger partial charge in [0.15, 0.2) is 0 Å². The topological polar surface area (TPSA) is 92.5 Å². The fourth-order valence-electron chi connectivity index (χ4n) is 2.70. The number of nitrogens with zero attached hydrogens (tertiary/aromatic N) is 3. The van der Waals surface area contributed by atoms with E-state index in [2.05, 4.69) is 5.10 Å². The summed E-state index contributed by atoms with van der Waals surface area (Å²) in [5.74, 6) is -1.06. The quantitative estimate of drug-likeness (QED) is 0.892. The number of carboxylic acids is 1. The predicted molar refractivity (Wildman–Crippen MR) is 71.7 cm³/mol. The Bertz CT molecular complexity index is 586. The van der Waals surface area contributed by atoms with Gasteiger partial charge >= 0.3 is 5.97 Å². The van der Waals surface area contributed by atoms with Crippen molar-refractivity contribution in [3.8, 4) is 0 Å². The Morgan fingerprint density at radius 3 is 2.55 bits per heavy atom. The first kappa shape index (κ1) is 15.0. The zero-order valence-electron chi connectivity index (χ0n) is 11.6. The van der Waals surface area contributed by atoms with Gasteiger partial charge in [-0.3, -0.25) is 9.48 Å². The molecule has 1 aromatic rings. The molecule has 1 fully saturated rings. The maximum absolute atomic E-state index is 12.6.